The van der Waals surface area contributed by atoms with Crippen molar-refractivity contribution in [2.45, 2.75) is 31.5 Å². The van der Waals surface area contributed by atoms with Crippen molar-refractivity contribution >= 4 is 23.6 Å². The number of thioether (sulfide) groups is 1. The first-order valence-electron chi connectivity index (χ1n) is 8.18. The Morgan fingerprint density at radius 3 is 2.80 bits per heavy atom. The highest BCUT2D eigenvalue weighted by Gasteiger charge is 2.27. The molecule has 0 atom stereocenters. The molecule has 2 aromatic rings. The van der Waals surface area contributed by atoms with Gasteiger partial charge in [0.2, 0.25) is 11.8 Å². The van der Waals surface area contributed by atoms with Crippen molar-refractivity contribution in [2.75, 3.05) is 19.4 Å². The van der Waals surface area contributed by atoms with Crippen LogP contribution in [0.2, 0.25) is 0 Å². The standard InChI is InChI=1S/C17H20N4O3S/c1-3-20-16(12-7-4-5-8-13(12)24-2)18-19-17(20)25-11-15(23)21-10-6-9-14(21)22/h4-5,7-8H,3,6,9-11H2,1-2H3. The van der Waals surface area contributed by atoms with E-state index in [9.17, 15) is 9.59 Å². The Morgan fingerprint density at radius 1 is 1.32 bits per heavy atom. The molecule has 25 heavy (non-hydrogen) atoms. The van der Waals surface area contributed by atoms with Crippen molar-refractivity contribution in [1.82, 2.24) is 19.7 Å². The average Bonchev–Trinajstić information content (AvgIpc) is 3.25. The Morgan fingerprint density at radius 2 is 2.12 bits per heavy atom. The third-order valence-electron chi connectivity index (χ3n) is 4.08. The van der Waals surface area contributed by atoms with Crippen LogP contribution in [0, 0.1) is 0 Å². The van der Waals surface area contributed by atoms with Gasteiger partial charge < -0.3 is 9.30 Å². The quantitative estimate of drug-likeness (QED) is 0.735. The van der Waals surface area contributed by atoms with Crippen molar-refractivity contribution in [2.24, 2.45) is 0 Å². The van der Waals surface area contributed by atoms with Crippen LogP contribution in [-0.4, -0.2) is 50.9 Å². The molecule has 1 aromatic carbocycles. The zero-order valence-corrected chi connectivity index (χ0v) is 15.1. The third-order valence-corrected chi connectivity index (χ3v) is 5.03. The maximum absolute atomic E-state index is 12.2. The van der Waals surface area contributed by atoms with Gasteiger partial charge in [-0.15, -0.1) is 10.2 Å². The van der Waals surface area contributed by atoms with Crippen LogP contribution >= 0.6 is 11.8 Å². The number of rotatable bonds is 6. The van der Waals surface area contributed by atoms with E-state index in [4.69, 9.17) is 4.74 Å². The molecule has 0 bridgehead atoms. The largest absolute Gasteiger partial charge is 0.496 e. The molecule has 2 heterocycles. The molecule has 3 rings (SSSR count). The molecule has 1 aromatic heterocycles. The summed E-state index contributed by atoms with van der Waals surface area (Å²) >= 11 is 1.30. The number of aromatic nitrogens is 3. The van der Waals surface area contributed by atoms with Gasteiger partial charge in [-0.1, -0.05) is 23.9 Å². The van der Waals surface area contributed by atoms with Gasteiger partial charge in [0.1, 0.15) is 5.75 Å². The summed E-state index contributed by atoms with van der Waals surface area (Å²) in [6.45, 7) is 3.18. The first kappa shape index (κ1) is 17.5. The molecular weight excluding hydrogens is 340 g/mol. The van der Waals surface area contributed by atoms with E-state index in [1.54, 1.807) is 7.11 Å². The predicted octanol–water partition coefficient (Wildman–Crippen LogP) is 2.21. The highest BCUT2D eigenvalue weighted by molar-refractivity contribution is 7.99. The number of hydrogen-bond acceptors (Lipinski definition) is 6. The van der Waals surface area contributed by atoms with Crippen molar-refractivity contribution in [3.63, 3.8) is 0 Å². The van der Waals surface area contributed by atoms with Crippen molar-refractivity contribution in [3.8, 4) is 17.1 Å². The zero-order valence-electron chi connectivity index (χ0n) is 14.3. The lowest BCUT2D eigenvalue weighted by molar-refractivity contribution is -0.140. The highest BCUT2D eigenvalue weighted by atomic mass is 32.2. The van der Waals surface area contributed by atoms with Gasteiger partial charge in [-0.25, -0.2) is 0 Å². The van der Waals surface area contributed by atoms with Crippen LogP contribution in [0.4, 0.5) is 0 Å². The number of para-hydroxylation sites is 1. The summed E-state index contributed by atoms with van der Waals surface area (Å²) in [6, 6.07) is 7.62. The smallest absolute Gasteiger partial charge is 0.239 e. The van der Waals surface area contributed by atoms with Gasteiger partial charge in [-0.3, -0.25) is 14.5 Å². The zero-order chi connectivity index (χ0) is 17.8. The van der Waals surface area contributed by atoms with Gasteiger partial charge in [-0.05, 0) is 25.5 Å². The first-order valence-corrected chi connectivity index (χ1v) is 9.16. The second-order valence-corrected chi connectivity index (χ2v) is 6.52. The first-order chi connectivity index (χ1) is 12.2. The normalized spacial score (nSPS) is 14.2. The summed E-state index contributed by atoms with van der Waals surface area (Å²) in [6.07, 6.45) is 1.21. The van der Waals surface area contributed by atoms with E-state index in [0.717, 1.165) is 17.7 Å². The SMILES string of the molecule is CCn1c(SCC(=O)N2CCCC2=O)nnc1-c1ccccc1OC. The molecule has 0 aliphatic carbocycles. The van der Waals surface area contributed by atoms with E-state index in [2.05, 4.69) is 10.2 Å². The third kappa shape index (κ3) is 3.53. The number of imide groups is 1. The van der Waals surface area contributed by atoms with Crippen molar-refractivity contribution in [3.05, 3.63) is 24.3 Å². The van der Waals surface area contributed by atoms with Crippen LogP contribution in [-0.2, 0) is 16.1 Å². The maximum Gasteiger partial charge on any atom is 0.239 e. The second-order valence-electron chi connectivity index (χ2n) is 5.58. The molecular formula is C17H20N4O3S. The van der Waals surface area contributed by atoms with Crippen molar-refractivity contribution in [1.29, 1.82) is 0 Å². The van der Waals surface area contributed by atoms with Gasteiger partial charge in [0.25, 0.3) is 0 Å². The molecule has 1 aliphatic rings. The van der Waals surface area contributed by atoms with E-state index >= 15 is 0 Å². The highest BCUT2D eigenvalue weighted by Crippen LogP contribution is 2.30. The lowest BCUT2D eigenvalue weighted by Gasteiger charge is -2.13. The summed E-state index contributed by atoms with van der Waals surface area (Å²) in [5.74, 6) is 1.34. The van der Waals surface area contributed by atoms with E-state index in [1.165, 1.54) is 16.7 Å². The van der Waals surface area contributed by atoms with Crippen LogP contribution in [0.3, 0.4) is 0 Å². The summed E-state index contributed by atoms with van der Waals surface area (Å²) in [5.41, 5.74) is 0.854. The lowest BCUT2D eigenvalue weighted by atomic mass is 10.2. The molecule has 2 amide bonds. The monoisotopic (exact) mass is 360 g/mol. The molecule has 132 valence electrons. The molecule has 1 aliphatic heterocycles. The van der Waals surface area contributed by atoms with Crippen LogP contribution in [0.25, 0.3) is 11.4 Å². The number of benzene rings is 1. The molecule has 7 nitrogen and oxygen atoms in total. The van der Waals surface area contributed by atoms with Crippen LogP contribution in [0.5, 0.6) is 5.75 Å². The van der Waals surface area contributed by atoms with Gasteiger partial charge in [0.05, 0.1) is 18.4 Å². The topological polar surface area (TPSA) is 77.3 Å². The molecule has 0 saturated carbocycles. The molecule has 1 saturated heterocycles. The number of amides is 2. The van der Waals surface area contributed by atoms with Crippen LogP contribution in [0.15, 0.2) is 29.4 Å². The molecule has 0 radical (unpaired) electrons. The summed E-state index contributed by atoms with van der Waals surface area (Å²) in [7, 11) is 1.62. The predicted molar refractivity (Wildman–Crippen MR) is 94.4 cm³/mol. The van der Waals surface area contributed by atoms with Crippen LogP contribution < -0.4 is 4.74 Å². The molecule has 1 fully saturated rings. The summed E-state index contributed by atoms with van der Waals surface area (Å²) < 4.78 is 7.35. The Bertz CT molecular complexity index is 790. The number of hydrogen-bond donors (Lipinski definition) is 0. The number of carbonyl (C=O) groups is 2. The fourth-order valence-electron chi connectivity index (χ4n) is 2.83. The Balaban J connectivity index is 1.78. The number of ether oxygens (including phenoxy) is 1. The molecule has 8 heteroatoms. The van der Waals surface area contributed by atoms with E-state index in [1.807, 2.05) is 35.8 Å². The molecule has 0 unspecified atom stereocenters. The second kappa shape index (κ2) is 7.69. The number of carbonyl (C=O) groups excluding carboxylic acids is 2. The fraction of sp³-hybridized carbons (Fsp3) is 0.412. The molecule has 0 spiro atoms. The Kier molecular flexibility index (Phi) is 5.37. The van der Waals surface area contributed by atoms with Crippen molar-refractivity contribution < 1.29 is 14.3 Å². The maximum atomic E-state index is 12.2. The Labute approximate surface area is 150 Å². The average molecular weight is 360 g/mol. The fourth-order valence-corrected chi connectivity index (χ4v) is 3.70. The summed E-state index contributed by atoms with van der Waals surface area (Å²) in [4.78, 5) is 25.2. The van der Waals surface area contributed by atoms with Gasteiger partial charge in [-0.2, -0.15) is 0 Å². The van der Waals surface area contributed by atoms with E-state index in [-0.39, 0.29) is 17.6 Å². The van der Waals surface area contributed by atoms with Gasteiger partial charge in [0.15, 0.2) is 11.0 Å². The van der Waals surface area contributed by atoms with Gasteiger partial charge in [0, 0.05) is 19.5 Å². The van der Waals surface area contributed by atoms with E-state index in [0.29, 0.717) is 30.5 Å². The van der Waals surface area contributed by atoms with Gasteiger partial charge >= 0.3 is 0 Å². The number of nitrogens with zero attached hydrogens (tertiary/aromatic N) is 4. The van der Waals surface area contributed by atoms with E-state index < -0.39 is 0 Å². The Hall–Kier alpha value is -2.35. The summed E-state index contributed by atoms with van der Waals surface area (Å²) in [5, 5.41) is 9.15. The minimum Gasteiger partial charge on any atom is -0.496 e. The van der Waals surface area contributed by atoms with Crippen LogP contribution in [0.1, 0.15) is 19.8 Å². The molecule has 0 N–H and O–H groups in total. The minimum atomic E-state index is -0.169. The number of likely N-dealkylation sites (tertiary alicyclic amines) is 1. The number of methoxy groups -OCH3 is 1. The minimum absolute atomic E-state index is 0.0859. The lowest BCUT2D eigenvalue weighted by Crippen LogP contribution is -2.33.